The van der Waals surface area contributed by atoms with Gasteiger partial charge in [0.1, 0.15) is 11.5 Å². The van der Waals surface area contributed by atoms with Gasteiger partial charge < -0.3 is 10.2 Å². The molecule has 3 fully saturated rings. The smallest absolute Gasteiger partial charge is 0.356 e. The molecule has 154 valence electrons. The Morgan fingerprint density at radius 1 is 1.07 bits per heavy atom. The number of likely N-dealkylation sites (tertiary alicyclic amines) is 1. The van der Waals surface area contributed by atoms with Crippen LogP contribution in [0.25, 0.3) is 0 Å². The molecule has 1 aromatic heterocycles. The van der Waals surface area contributed by atoms with Crippen LogP contribution >= 0.6 is 0 Å². The van der Waals surface area contributed by atoms with E-state index < -0.39 is 11.9 Å². The summed E-state index contributed by atoms with van der Waals surface area (Å²) >= 11 is 0. The van der Waals surface area contributed by atoms with Gasteiger partial charge in [0.25, 0.3) is 0 Å². The topological polar surface area (TPSA) is 48.5 Å². The average Bonchev–Trinajstić information content (AvgIpc) is 3.52. The number of nitrogens with zero attached hydrogens (tertiary/aromatic N) is 3. The Balaban J connectivity index is 1.32. The number of carbonyl (C=O) groups is 1. The number of aromatic nitrogens is 1. The minimum atomic E-state index is -4.42. The summed E-state index contributed by atoms with van der Waals surface area (Å²) in [6.45, 7) is 3.17. The molecule has 1 amide bonds. The molecule has 1 N–H and O–H groups in total. The van der Waals surface area contributed by atoms with Gasteiger partial charge in [-0.15, -0.1) is 0 Å². The van der Waals surface area contributed by atoms with Crippen LogP contribution < -0.4 is 10.2 Å². The third-order valence-corrected chi connectivity index (χ3v) is 6.08. The van der Waals surface area contributed by atoms with Crippen molar-refractivity contribution in [3.8, 4) is 0 Å². The first-order valence-corrected chi connectivity index (χ1v) is 10.2. The Hall–Kier alpha value is -1.83. The highest BCUT2D eigenvalue weighted by molar-refractivity contribution is 5.79. The summed E-state index contributed by atoms with van der Waals surface area (Å²) in [4.78, 5) is 20.5. The molecule has 5 nitrogen and oxygen atoms in total. The third-order valence-electron chi connectivity index (χ3n) is 6.08. The third kappa shape index (κ3) is 4.59. The SMILES string of the molecule is O=C(NC1CC1)C1CCCN(C2CCN(c3cccc(C(F)(F)F)n3)CC2)C1. The molecule has 0 bridgehead atoms. The molecule has 2 saturated heterocycles. The van der Waals surface area contributed by atoms with E-state index in [-0.39, 0.29) is 11.8 Å². The second kappa shape index (κ2) is 7.89. The molecule has 8 heteroatoms. The number of nitrogens with one attached hydrogen (secondary N) is 1. The molecule has 0 aromatic carbocycles. The number of halogens is 3. The first-order chi connectivity index (χ1) is 13.4. The molecular formula is C20H27F3N4O. The lowest BCUT2D eigenvalue weighted by molar-refractivity contribution is -0.141. The Bertz CT molecular complexity index is 699. The number of alkyl halides is 3. The summed E-state index contributed by atoms with van der Waals surface area (Å²) in [6.07, 6.45) is 1.52. The van der Waals surface area contributed by atoms with Gasteiger partial charge in [-0.1, -0.05) is 6.07 Å². The van der Waals surface area contributed by atoms with Crippen LogP contribution in [-0.2, 0) is 11.0 Å². The molecule has 4 rings (SSSR count). The van der Waals surface area contributed by atoms with Crippen molar-refractivity contribution in [2.45, 2.75) is 56.8 Å². The van der Waals surface area contributed by atoms with Crippen LogP contribution in [0.3, 0.4) is 0 Å². The summed E-state index contributed by atoms with van der Waals surface area (Å²) in [5.41, 5.74) is -0.840. The van der Waals surface area contributed by atoms with Crippen molar-refractivity contribution in [2.75, 3.05) is 31.1 Å². The second-order valence-corrected chi connectivity index (χ2v) is 8.21. The Morgan fingerprint density at radius 2 is 1.82 bits per heavy atom. The van der Waals surface area contributed by atoms with E-state index in [1.165, 1.54) is 6.07 Å². The van der Waals surface area contributed by atoms with Crippen molar-refractivity contribution in [3.05, 3.63) is 23.9 Å². The first kappa shape index (κ1) is 19.5. The van der Waals surface area contributed by atoms with Crippen molar-refractivity contribution in [1.82, 2.24) is 15.2 Å². The number of amides is 1. The molecule has 1 aliphatic carbocycles. The highest BCUT2D eigenvalue weighted by Crippen LogP contribution is 2.31. The fourth-order valence-electron chi connectivity index (χ4n) is 4.32. The van der Waals surface area contributed by atoms with E-state index in [0.29, 0.717) is 31.0 Å². The van der Waals surface area contributed by atoms with Gasteiger partial charge in [-0.3, -0.25) is 9.69 Å². The lowest BCUT2D eigenvalue weighted by atomic mass is 9.93. The van der Waals surface area contributed by atoms with Crippen molar-refractivity contribution >= 4 is 11.7 Å². The number of carbonyl (C=O) groups excluding carboxylic acids is 1. The maximum atomic E-state index is 12.9. The highest BCUT2D eigenvalue weighted by atomic mass is 19.4. The first-order valence-electron chi connectivity index (χ1n) is 10.2. The number of piperidine rings is 2. The standard InChI is InChI=1S/C20H27F3N4O/c21-20(22,23)17-4-1-5-18(25-17)26-11-8-16(9-12-26)27-10-2-3-14(13-27)19(28)24-15-6-7-15/h1,4-5,14-16H,2-3,6-13H2,(H,24,28). The Labute approximate surface area is 163 Å². The molecule has 1 unspecified atom stereocenters. The van der Waals surface area contributed by atoms with Crippen molar-refractivity contribution in [1.29, 1.82) is 0 Å². The monoisotopic (exact) mass is 396 g/mol. The zero-order chi connectivity index (χ0) is 19.7. The van der Waals surface area contributed by atoms with E-state index in [0.717, 1.165) is 57.7 Å². The molecular weight excluding hydrogens is 369 g/mol. The van der Waals surface area contributed by atoms with Crippen molar-refractivity contribution in [3.63, 3.8) is 0 Å². The van der Waals surface area contributed by atoms with Gasteiger partial charge in [-0.25, -0.2) is 4.98 Å². The van der Waals surface area contributed by atoms with E-state index in [4.69, 9.17) is 0 Å². The summed E-state index contributed by atoms with van der Waals surface area (Å²) in [5.74, 6) is 0.656. The van der Waals surface area contributed by atoms with Crippen molar-refractivity contribution in [2.24, 2.45) is 5.92 Å². The number of hydrogen-bond acceptors (Lipinski definition) is 4. The normalized spacial score (nSPS) is 25.0. The lowest BCUT2D eigenvalue weighted by Gasteiger charge is -2.42. The van der Waals surface area contributed by atoms with Crippen LogP contribution in [-0.4, -0.2) is 54.1 Å². The maximum absolute atomic E-state index is 12.9. The van der Waals surface area contributed by atoms with Crippen LogP contribution in [0, 0.1) is 5.92 Å². The summed E-state index contributed by atoms with van der Waals surface area (Å²) in [7, 11) is 0. The van der Waals surface area contributed by atoms with Gasteiger partial charge in [0.05, 0.1) is 5.92 Å². The van der Waals surface area contributed by atoms with E-state index in [2.05, 4.69) is 15.2 Å². The molecule has 1 aromatic rings. The van der Waals surface area contributed by atoms with Gasteiger partial charge in [-0.05, 0) is 57.2 Å². The van der Waals surface area contributed by atoms with Gasteiger partial charge in [0.2, 0.25) is 5.91 Å². The van der Waals surface area contributed by atoms with Crippen molar-refractivity contribution < 1.29 is 18.0 Å². The fraction of sp³-hybridized carbons (Fsp3) is 0.700. The van der Waals surface area contributed by atoms with E-state index in [1.807, 2.05) is 4.90 Å². The zero-order valence-corrected chi connectivity index (χ0v) is 15.9. The van der Waals surface area contributed by atoms with Gasteiger partial charge in [-0.2, -0.15) is 13.2 Å². The number of rotatable bonds is 4. The molecule has 2 aliphatic heterocycles. The average molecular weight is 396 g/mol. The van der Waals surface area contributed by atoms with Gasteiger partial charge in [0.15, 0.2) is 0 Å². The zero-order valence-electron chi connectivity index (χ0n) is 15.9. The van der Waals surface area contributed by atoms with Crippen LogP contribution in [0.15, 0.2) is 18.2 Å². The number of hydrogen-bond donors (Lipinski definition) is 1. The Kier molecular flexibility index (Phi) is 5.49. The Morgan fingerprint density at radius 3 is 2.50 bits per heavy atom. The molecule has 28 heavy (non-hydrogen) atoms. The van der Waals surface area contributed by atoms with Gasteiger partial charge in [0, 0.05) is 31.7 Å². The molecule has 3 aliphatic rings. The number of anilines is 1. The minimum absolute atomic E-state index is 0.0671. The largest absolute Gasteiger partial charge is 0.433 e. The van der Waals surface area contributed by atoms with E-state index in [1.54, 1.807) is 6.07 Å². The molecule has 0 radical (unpaired) electrons. The van der Waals surface area contributed by atoms with E-state index >= 15 is 0 Å². The van der Waals surface area contributed by atoms with Crippen LogP contribution in [0.1, 0.15) is 44.2 Å². The number of pyridine rings is 1. The molecule has 1 atom stereocenters. The summed E-state index contributed by atoms with van der Waals surface area (Å²) in [6, 6.07) is 4.86. The van der Waals surface area contributed by atoms with Crippen LogP contribution in [0.5, 0.6) is 0 Å². The molecule has 0 spiro atoms. The summed E-state index contributed by atoms with van der Waals surface area (Å²) in [5, 5.41) is 3.12. The minimum Gasteiger partial charge on any atom is -0.356 e. The quantitative estimate of drug-likeness (QED) is 0.850. The summed E-state index contributed by atoms with van der Waals surface area (Å²) < 4.78 is 38.7. The maximum Gasteiger partial charge on any atom is 0.433 e. The molecule has 3 heterocycles. The fourth-order valence-corrected chi connectivity index (χ4v) is 4.32. The molecule has 1 saturated carbocycles. The highest BCUT2D eigenvalue weighted by Gasteiger charge is 2.35. The predicted octanol–water partition coefficient (Wildman–Crippen LogP) is 3.06. The van der Waals surface area contributed by atoms with Gasteiger partial charge >= 0.3 is 6.18 Å². The second-order valence-electron chi connectivity index (χ2n) is 8.21. The lowest BCUT2D eigenvalue weighted by Crippen LogP contribution is -2.51. The predicted molar refractivity (Wildman–Crippen MR) is 99.9 cm³/mol. The van der Waals surface area contributed by atoms with E-state index in [9.17, 15) is 18.0 Å². The van der Waals surface area contributed by atoms with Crippen LogP contribution in [0.4, 0.5) is 19.0 Å². The van der Waals surface area contributed by atoms with Crippen LogP contribution in [0.2, 0.25) is 0 Å².